The van der Waals surface area contributed by atoms with Gasteiger partial charge in [-0.3, -0.25) is 14.4 Å². The van der Waals surface area contributed by atoms with Gasteiger partial charge in [-0.05, 0) is 56.0 Å². The predicted octanol–water partition coefficient (Wildman–Crippen LogP) is 4.50. The summed E-state index contributed by atoms with van der Waals surface area (Å²) in [6, 6.07) is 16.4. The lowest BCUT2D eigenvalue weighted by molar-refractivity contribution is -0.152. The molecule has 2 saturated heterocycles. The Labute approximate surface area is 271 Å². The Morgan fingerprint density at radius 2 is 1.59 bits per heavy atom. The lowest BCUT2D eigenvalue weighted by Gasteiger charge is -2.38. The van der Waals surface area contributed by atoms with Crippen LogP contribution in [0.2, 0.25) is 0 Å². The Kier molecular flexibility index (Phi) is 9.34. The number of aliphatic hydroxyl groups is 1. The molecule has 2 aromatic rings. The number of likely N-dealkylation sites (tertiary alicyclic amines) is 1. The third kappa shape index (κ3) is 5.53. The molecule has 1 unspecified atom stereocenters. The molecule has 0 bridgehead atoms. The normalized spacial score (nSPS) is 28.6. The Hall–Kier alpha value is -3.95. The number of nitrogens with zero attached hydrogens (tertiary/aromatic N) is 3. The summed E-state index contributed by atoms with van der Waals surface area (Å²) in [7, 11) is 0. The van der Waals surface area contributed by atoms with Crippen molar-refractivity contribution in [2.24, 2.45) is 11.8 Å². The molecule has 2 fully saturated rings. The van der Waals surface area contributed by atoms with Crippen molar-refractivity contribution in [3.63, 3.8) is 0 Å². The molecule has 1 N–H and O–H groups in total. The zero-order valence-corrected chi connectivity index (χ0v) is 26.8. The molecule has 2 aromatic carbocycles. The molecule has 0 aliphatic carbocycles. The second-order valence-electron chi connectivity index (χ2n) is 12.7. The second-order valence-corrected chi connectivity index (χ2v) is 12.7. The second kappa shape index (κ2) is 13.4. The molecular weight excluding hydrogens is 582 g/mol. The number of carbonyl (C=O) groups is 3. The van der Waals surface area contributed by atoms with Gasteiger partial charge in [0.1, 0.15) is 17.4 Å². The minimum atomic E-state index is -1.28. The van der Waals surface area contributed by atoms with E-state index in [-0.39, 0.29) is 24.3 Å². The van der Waals surface area contributed by atoms with E-state index in [4.69, 9.17) is 9.47 Å². The maximum atomic E-state index is 14.7. The number of ether oxygens (including phenoxy) is 2. The third-order valence-electron chi connectivity index (χ3n) is 10.0. The van der Waals surface area contributed by atoms with E-state index in [2.05, 4.69) is 0 Å². The minimum Gasteiger partial charge on any atom is -0.494 e. The summed E-state index contributed by atoms with van der Waals surface area (Å²) in [5.41, 5.74) is -0.603. The van der Waals surface area contributed by atoms with E-state index in [0.717, 1.165) is 29.8 Å². The van der Waals surface area contributed by atoms with Gasteiger partial charge in [-0.1, -0.05) is 74.4 Å². The van der Waals surface area contributed by atoms with Crippen molar-refractivity contribution in [3.05, 3.63) is 84.5 Å². The Morgan fingerprint density at radius 1 is 0.848 bits per heavy atom. The maximum absolute atomic E-state index is 14.7. The number of fused-ring (bicyclic) bond motifs is 2. The van der Waals surface area contributed by atoms with Crippen LogP contribution in [0.15, 0.2) is 78.9 Å². The van der Waals surface area contributed by atoms with Gasteiger partial charge in [0.15, 0.2) is 0 Å². The summed E-state index contributed by atoms with van der Waals surface area (Å²) in [6.07, 6.45) is 11.3. The van der Waals surface area contributed by atoms with Crippen molar-refractivity contribution in [3.8, 4) is 5.75 Å². The van der Waals surface area contributed by atoms with E-state index < -0.39 is 29.1 Å². The first-order valence-corrected chi connectivity index (χ1v) is 16.7. The maximum Gasteiger partial charge on any atom is 0.249 e. The average molecular weight is 628 g/mol. The summed E-state index contributed by atoms with van der Waals surface area (Å²) in [6.45, 7) is 6.10. The van der Waals surface area contributed by atoms with Gasteiger partial charge in [0.25, 0.3) is 0 Å². The molecule has 6 rings (SSSR count). The van der Waals surface area contributed by atoms with E-state index in [1.807, 2.05) is 92.7 Å². The number of rotatable bonds is 12. The van der Waals surface area contributed by atoms with Gasteiger partial charge in [-0.2, -0.15) is 0 Å². The summed E-state index contributed by atoms with van der Waals surface area (Å²) in [5.74, 6) is -1.49. The zero-order valence-electron chi connectivity index (χ0n) is 26.8. The highest BCUT2D eigenvalue weighted by Gasteiger charge is 2.75. The Bertz CT molecular complexity index is 1480. The van der Waals surface area contributed by atoms with E-state index in [1.165, 1.54) is 0 Å². The van der Waals surface area contributed by atoms with Crippen LogP contribution in [0.3, 0.4) is 0 Å². The number of amides is 3. The molecule has 9 heteroatoms. The fraction of sp³-hybridized carbons (Fsp3) is 0.486. The fourth-order valence-corrected chi connectivity index (χ4v) is 7.86. The molecule has 4 aliphatic heterocycles. The molecule has 46 heavy (non-hydrogen) atoms. The molecule has 0 saturated carbocycles. The zero-order chi connectivity index (χ0) is 32.3. The first kappa shape index (κ1) is 32.0. The monoisotopic (exact) mass is 627 g/mol. The van der Waals surface area contributed by atoms with Crippen molar-refractivity contribution in [1.82, 2.24) is 9.80 Å². The lowest BCUT2D eigenvalue weighted by Crippen LogP contribution is -2.56. The van der Waals surface area contributed by atoms with Gasteiger partial charge in [0.05, 0.1) is 24.0 Å². The SMILES string of the molecule is CCOc1ccc(N2CC=C[C@@]3(CC)O[C@]45C=CCN(Cc6ccccc6)C(=O)C4N(CCCCCCO)C(=O)[C@@H]5[C@H]3C2=O)cc1. The highest BCUT2D eigenvalue weighted by molar-refractivity contribution is 6.04. The molecule has 4 aliphatic rings. The Morgan fingerprint density at radius 3 is 2.30 bits per heavy atom. The van der Waals surface area contributed by atoms with Crippen LogP contribution in [-0.2, 0) is 25.7 Å². The van der Waals surface area contributed by atoms with E-state index >= 15 is 0 Å². The first-order valence-electron chi connectivity index (χ1n) is 16.7. The summed E-state index contributed by atoms with van der Waals surface area (Å²) >= 11 is 0. The highest BCUT2D eigenvalue weighted by Crippen LogP contribution is 2.58. The number of hydrogen-bond donors (Lipinski definition) is 1. The molecule has 1 spiro atoms. The summed E-state index contributed by atoms with van der Waals surface area (Å²) < 4.78 is 12.7. The van der Waals surface area contributed by atoms with Crippen molar-refractivity contribution < 1.29 is 29.0 Å². The number of hydrogen-bond acceptors (Lipinski definition) is 6. The fourth-order valence-electron chi connectivity index (χ4n) is 7.86. The smallest absolute Gasteiger partial charge is 0.249 e. The van der Waals surface area contributed by atoms with Crippen molar-refractivity contribution in [2.75, 3.05) is 37.7 Å². The summed E-state index contributed by atoms with van der Waals surface area (Å²) in [5, 5.41) is 9.26. The van der Waals surface area contributed by atoms with Gasteiger partial charge in [0, 0.05) is 38.5 Å². The molecule has 244 valence electrons. The van der Waals surface area contributed by atoms with Crippen molar-refractivity contribution in [2.45, 2.75) is 69.7 Å². The van der Waals surface area contributed by atoms with Crippen LogP contribution in [0.4, 0.5) is 5.69 Å². The van der Waals surface area contributed by atoms with Crippen LogP contribution in [0.25, 0.3) is 0 Å². The van der Waals surface area contributed by atoms with Crippen molar-refractivity contribution >= 4 is 23.4 Å². The molecule has 3 amide bonds. The largest absolute Gasteiger partial charge is 0.494 e. The molecular formula is C37H45N3O6. The quantitative estimate of drug-likeness (QED) is 0.275. The standard InChI is InChI=1S/C37H45N3O6/c1-3-36-20-12-24-39(28-16-18-29(19-17-28)45-4-2)33(42)30(36)31-34(43)40(23-10-5-6-11-25-41)32-35(44)38(22-13-21-37(31,32)46-36)26-27-14-8-7-9-15-27/h7-9,12-21,30-32,41H,3-6,10-11,22-26H2,1-2H3/t30-,31-,32?,36+,37-/m0/s1. The van der Waals surface area contributed by atoms with Crippen LogP contribution in [-0.4, -0.2) is 82.7 Å². The van der Waals surface area contributed by atoms with Crippen LogP contribution >= 0.6 is 0 Å². The number of carbonyl (C=O) groups excluding carboxylic acids is 3. The van der Waals surface area contributed by atoms with Gasteiger partial charge >= 0.3 is 0 Å². The van der Waals surface area contributed by atoms with Crippen LogP contribution in [0, 0.1) is 11.8 Å². The lowest BCUT2D eigenvalue weighted by atomic mass is 9.73. The van der Waals surface area contributed by atoms with E-state index in [9.17, 15) is 19.5 Å². The Balaban J connectivity index is 1.39. The molecule has 0 radical (unpaired) electrons. The number of benzene rings is 2. The minimum absolute atomic E-state index is 0.128. The highest BCUT2D eigenvalue weighted by atomic mass is 16.5. The molecule has 5 atom stereocenters. The van der Waals surface area contributed by atoms with E-state index in [1.54, 1.807) is 14.7 Å². The number of unbranched alkanes of at least 4 members (excludes halogenated alkanes) is 3. The number of anilines is 1. The predicted molar refractivity (Wildman–Crippen MR) is 175 cm³/mol. The molecule has 4 heterocycles. The topological polar surface area (TPSA) is 99.6 Å². The van der Waals surface area contributed by atoms with Gasteiger partial charge in [0.2, 0.25) is 17.7 Å². The van der Waals surface area contributed by atoms with Crippen LogP contribution < -0.4 is 9.64 Å². The van der Waals surface area contributed by atoms with Gasteiger partial charge in [-0.25, -0.2) is 0 Å². The average Bonchev–Trinajstić information content (AvgIpc) is 3.36. The summed E-state index contributed by atoms with van der Waals surface area (Å²) in [4.78, 5) is 49.3. The third-order valence-corrected chi connectivity index (χ3v) is 10.0. The van der Waals surface area contributed by atoms with Crippen LogP contribution in [0.5, 0.6) is 5.75 Å². The van der Waals surface area contributed by atoms with E-state index in [0.29, 0.717) is 52.0 Å². The van der Waals surface area contributed by atoms with Gasteiger partial charge < -0.3 is 29.3 Å². The van der Waals surface area contributed by atoms with Crippen molar-refractivity contribution in [1.29, 1.82) is 0 Å². The number of aliphatic hydroxyl groups excluding tert-OH is 1. The first-order chi connectivity index (χ1) is 22.4. The molecule has 0 aromatic heterocycles. The molecule has 9 nitrogen and oxygen atoms in total. The van der Waals surface area contributed by atoms with Gasteiger partial charge in [-0.15, -0.1) is 0 Å². The van der Waals surface area contributed by atoms with Crippen LogP contribution in [0.1, 0.15) is 51.5 Å².